The Kier molecular flexibility index (Phi) is 6.18. The first kappa shape index (κ1) is 19.6. The van der Waals surface area contributed by atoms with Crippen molar-refractivity contribution in [3.05, 3.63) is 24.5 Å². The second kappa shape index (κ2) is 6.95. The molecule has 1 aromatic heterocycles. The Labute approximate surface area is 151 Å². The zero-order valence-corrected chi connectivity index (χ0v) is 15.7. The zero-order chi connectivity index (χ0) is 15.8. The molecule has 0 aliphatic carbocycles. The van der Waals surface area contributed by atoms with E-state index in [0.29, 0.717) is 17.6 Å². The summed E-state index contributed by atoms with van der Waals surface area (Å²) < 4.78 is 63.5. The van der Waals surface area contributed by atoms with E-state index in [1.807, 2.05) is 0 Å². The summed E-state index contributed by atoms with van der Waals surface area (Å²) in [5, 5.41) is -0.910. The van der Waals surface area contributed by atoms with Crippen LogP contribution in [0.15, 0.2) is 29.4 Å². The molecule has 2 rings (SSSR count). The fraction of sp³-hybridized carbons (Fsp3) is 0.364. The number of nitrogens with zero attached hydrogens (tertiary/aromatic N) is 2. The van der Waals surface area contributed by atoms with Crippen LogP contribution in [0.1, 0.15) is 14.8 Å². The Morgan fingerprint density at radius 3 is 2.45 bits per heavy atom. The third-order valence-electron chi connectivity index (χ3n) is 3.18. The minimum Gasteiger partial charge on any atom is -1.00 e. The molecule has 0 bridgehead atoms. The first-order valence-corrected chi connectivity index (χ1v) is 8.92. The molecule has 0 radical (unpaired) electrons. The van der Waals surface area contributed by atoms with E-state index in [9.17, 15) is 16.8 Å². The van der Waals surface area contributed by atoms with Crippen molar-refractivity contribution in [3.8, 4) is 0 Å². The molecular weight excluding hydrogens is 343 g/mol. The SMILES string of the molecule is CC(CCn1cnc2cc(S(=O)(=O)O)ccc21)S(=O)(=O)O.[H-].[Na+]. The van der Waals surface area contributed by atoms with E-state index in [0.717, 1.165) is 0 Å². The van der Waals surface area contributed by atoms with Gasteiger partial charge in [0.15, 0.2) is 0 Å². The quantitative estimate of drug-likeness (QED) is 0.470. The smallest absolute Gasteiger partial charge is 1.00 e. The number of fused-ring (bicyclic) bond motifs is 1. The van der Waals surface area contributed by atoms with Crippen LogP contribution in [0.5, 0.6) is 0 Å². The average molecular weight is 358 g/mol. The molecule has 1 unspecified atom stereocenters. The summed E-state index contributed by atoms with van der Waals surface area (Å²) >= 11 is 0. The molecule has 0 saturated carbocycles. The van der Waals surface area contributed by atoms with E-state index in [-0.39, 0.29) is 42.3 Å². The molecule has 2 N–H and O–H groups in total. The van der Waals surface area contributed by atoms with Gasteiger partial charge < -0.3 is 5.99 Å². The number of hydrogen-bond acceptors (Lipinski definition) is 5. The monoisotopic (exact) mass is 358 g/mol. The first-order chi connectivity index (χ1) is 9.59. The van der Waals surface area contributed by atoms with Gasteiger partial charge in [-0.3, -0.25) is 9.11 Å². The van der Waals surface area contributed by atoms with Gasteiger partial charge in [0.2, 0.25) is 0 Å². The molecule has 1 atom stereocenters. The van der Waals surface area contributed by atoms with Crippen molar-refractivity contribution in [1.82, 2.24) is 9.55 Å². The van der Waals surface area contributed by atoms with E-state index in [4.69, 9.17) is 9.11 Å². The number of imidazole rings is 1. The third-order valence-corrected chi connectivity index (χ3v) is 5.28. The maximum Gasteiger partial charge on any atom is 1.00 e. The van der Waals surface area contributed by atoms with Crippen LogP contribution in [-0.4, -0.2) is 40.7 Å². The summed E-state index contributed by atoms with van der Waals surface area (Å²) in [6, 6.07) is 3.94. The number of hydrogen-bond donors (Lipinski definition) is 2. The fourth-order valence-corrected chi connectivity index (χ4v) is 2.76. The van der Waals surface area contributed by atoms with Crippen LogP contribution in [-0.2, 0) is 26.8 Å². The van der Waals surface area contributed by atoms with E-state index in [1.165, 1.54) is 31.5 Å². The van der Waals surface area contributed by atoms with Crippen molar-refractivity contribution in [2.24, 2.45) is 0 Å². The van der Waals surface area contributed by atoms with Crippen molar-refractivity contribution in [3.63, 3.8) is 0 Å². The molecule has 0 aliphatic rings. The summed E-state index contributed by atoms with van der Waals surface area (Å²) in [6.07, 6.45) is 1.62. The average Bonchev–Trinajstić information content (AvgIpc) is 2.76. The Balaban J connectivity index is 0.00000242. The first-order valence-electron chi connectivity index (χ1n) is 5.98. The minimum atomic E-state index is -4.29. The molecule has 0 spiro atoms. The third kappa shape index (κ3) is 4.51. The molecule has 1 heterocycles. The van der Waals surface area contributed by atoms with Crippen molar-refractivity contribution < 1.29 is 56.9 Å². The van der Waals surface area contributed by atoms with Crippen molar-refractivity contribution in [2.45, 2.75) is 30.0 Å². The second-order valence-electron chi connectivity index (χ2n) is 4.68. The molecule has 11 heteroatoms. The van der Waals surface area contributed by atoms with Gasteiger partial charge in [0, 0.05) is 6.54 Å². The minimum absolute atomic E-state index is 0. The predicted octanol–water partition coefficient (Wildman–Crippen LogP) is -1.93. The molecule has 0 amide bonds. The van der Waals surface area contributed by atoms with Gasteiger partial charge in [-0.25, -0.2) is 4.98 Å². The summed E-state index contributed by atoms with van der Waals surface area (Å²) in [6.45, 7) is 1.69. The molecule has 0 saturated heterocycles. The van der Waals surface area contributed by atoms with Crippen LogP contribution in [0, 0.1) is 0 Å². The standard InChI is InChI=1S/C11H14N2O6S2.Na.H/c1-8(20(14,15)16)4-5-13-7-12-10-6-9(21(17,18)19)2-3-11(10)13;;/h2-3,6-8H,4-5H2,1H3,(H,14,15,16)(H,17,18,19);;/q;+1;-1. The van der Waals surface area contributed by atoms with Gasteiger partial charge in [-0.2, -0.15) is 16.8 Å². The van der Waals surface area contributed by atoms with Crippen LogP contribution in [0.2, 0.25) is 0 Å². The molecule has 22 heavy (non-hydrogen) atoms. The fourth-order valence-electron chi connectivity index (χ4n) is 1.85. The molecule has 118 valence electrons. The van der Waals surface area contributed by atoms with Crippen molar-refractivity contribution in [1.29, 1.82) is 0 Å². The van der Waals surface area contributed by atoms with Gasteiger partial charge in [-0.1, -0.05) is 0 Å². The van der Waals surface area contributed by atoms with Gasteiger partial charge in [0.05, 0.1) is 27.5 Å². The van der Waals surface area contributed by atoms with Crippen molar-refractivity contribution in [2.75, 3.05) is 0 Å². The van der Waals surface area contributed by atoms with Crippen LogP contribution in [0.3, 0.4) is 0 Å². The zero-order valence-electron chi connectivity index (χ0n) is 13.0. The van der Waals surface area contributed by atoms with Crippen LogP contribution in [0.4, 0.5) is 0 Å². The van der Waals surface area contributed by atoms with E-state index < -0.39 is 25.5 Å². The number of aryl methyl sites for hydroxylation is 1. The van der Waals surface area contributed by atoms with Gasteiger partial charge >= 0.3 is 29.6 Å². The Bertz CT molecular complexity index is 881. The van der Waals surface area contributed by atoms with E-state index >= 15 is 0 Å². The largest absolute Gasteiger partial charge is 1.00 e. The molecular formula is C11H15N2NaO6S2. The Hall–Kier alpha value is -0.490. The van der Waals surface area contributed by atoms with Crippen LogP contribution >= 0.6 is 0 Å². The predicted molar refractivity (Wildman–Crippen MR) is 76.3 cm³/mol. The van der Waals surface area contributed by atoms with Gasteiger partial charge in [-0.05, 0) is 31.5 Å². The summed E-state index contributed by atoms with van der Waals surface area (Å²) in [7, 11) is -8.37. The summed E-state index contributed by atoms with van der Waals surface area (Å²) in [5.41, 5.74) is 0.967. The molecule has 8 nitrogen and oxygen atoms in total. The molecule has 1 aromatic carbocycles. The summed E-state index contributed by atoms with van der Waals surface area (Å²) in [4.78, 5) is 3.75. The normalized spacial score (nSPS) is 13.8. The van der Waals surface area contributed by atoms with Gasteiger partial charge in [0.25, 0.3) is 20.2 Å². The van der Waals surface area contributed by atoms with Crippen LogP contribution in [0.25, 0.3) is 11.0 Å². The molecule has 2 aromatic rings. The van der Waals surface area contributed by atoms with E-state index in [2.05, 4.69) is 4.98 Å². The maximum absolute atomic E-state index is 11.0. The second-order valence-corrected chi connectivity index (χ2v) is 7.93. The molecule has 0 fully saturated rings. The number of benzene rings is 1. The maximum atomic E-state index is 11.0. The number of aromatic nitrogens is 2. The Morgan fingerprint density at radius 2 is 1.91 bits per heavy atom. The number of rotatable bonds is 5. The summed E-state index contributed by atoms with van der Waals surface area (Å²) in [5.74, 6) is 0. The van der Waals surface area contributed by atoms with Crippen LogP contribution < -0.4 is 29.6 Å². The molecule has 0 aliphatic heterocycles. The Morgan fingerprint density at radius 1 is 1.27 bits per heavy atom. The topological polar surface area (TPSA) is 127 Å². The van der Waals surface area contributed by atoms with Gasteiger partial charge in [-0.15, -0.1) is 0 Å². The van der Waals surface area contributed by atoms with Gasteiger partial charge in [0.1, 0.15) is 0 Å². The van der Waals surface area contributed by atoms with Crippen molar-refractivity contribution >= 4 is 31.3 Å². The van der Waals surface area contributed by atoms with E-state index in [1.54, 1.807) is 4.57 Å².